The summed E-state index contributed by atoms with van der Waals surface area (Å²) in [5.41, 5.74) is 3.31. The van der Waals surface area contributed by atoms with E-state index < -0.39 is 0 Å². The van der Waals surface area contributed by atoms with Crippen molar-refractivity contribution in [1.29, 1.82) is 0 Å². The second kappa shape index (κ2) is 7.43. The first-order chi connectivity index (χ1) is 14.4. The summed E-state index contributed by atoms with van der Waals surface area (Å²) in [5.74, 6) is 1.35. The molecule has 0 atom stereocenters. The first kappa shape index (κ1) is 16.9. The Balaban J connectivity index is 1.38. The lowest BCUT2D eigenvalue weighted by Gasteiger charge is -2.06. The molecule has 8 nitrogen and oxygen atoms in total. The molecule has 0 saturated carbocycles. The summed E-state index contributed by atoms with van der Waals surface area (Å²) in [5, 5.41) is 8.92. The molecule has 0 aliphatic carbocycles. The van der Waals surface area contributed by atoms with Crippen LogP contribution in [0.1, 0.15) is 5.69 Å². The van der Waals surface area contributed by atoms with Crippen molar-refractivity contribution in [2.75, 3.05) is 0 Å². The minimum atomic E-state index is 0.546. The molecule has 5 rings (SSSR count). The molecular weight excluding hydrogens is 364 g/mol. The number of hydrogen-bond acceptors (Lipinski definition) is 6. The highest BCUT2D eigenvalue weighted by molar-refractivity contribution is 5.56. The molecule has 0 aliphatic rings. The van der Waals surface area contributed by atoms with E-state index in [1.807, 2.05) is 59.3 Å². The molecule has 29 heavy (non-hydrogen) atoms. The molecule has 0 bridgehead atoms. The zero-order chi connectivity index (χ0) is 19.5. The van der Waals surface area contributed by atoms with Gasteiger partial charge in [0.1, 0.15) is 17.2 Å². The van der Waals surface area contributed by atoms with Crippen molar-refractivity contribution in [3.05, 3.63) is 91.4 Å². The molecule has 0 spiro atoms. The highest BCUT2D eigenvalue weighted by Gasteiger charge is 2.11. The summed E-state index contributed by atoms with van der Waals surface area (Å²) < 4.78 is 2.00. The molecule has 0 N–H and O–H groups in total. The van der Waals surface area contributed by atoms with Crippen LogP contribution in [0.15, 0.2) is 85.7 Å². The molecule has 0 unspecified atom stereocenters. The Morgan fingerprint density at radius 1 is 0.759 bits per heavy atom. The number of aromatic nitrogens is 8. The lowest BCUT2D eigenvalue weighted by molar-refractivity contribution is 0.714. The minimum Gasteiger partial charge on any atom is -0.325 e. The number of nitrogens with zero attached hydrogens (tertiary/aromatic N) is 8. The standard InChI is InChI=1S/C21H16N8/c1-2-6-18(7-3-1)29-26-14-17(27-29)15-28-11-10-23-21(28)16-12-24-20(25-13-16)19-8-4-5-9-22-19/h1-14H,15H2. The van der Waals surface area contributed by atoms with E-state index >= 15 is 0 Å². The predicted octanol–water partition coefficient (Wildman–Crippen LogP) is 3.03. The molecule has 1 aromatic carbocycles. The Hall–Kier alpha value is -4.20. The van der Waals surface area contributed by atoms with Crippen molar-refractivity contribution in [3.8, 4) is 28.6 Å². The van der Waals surface area contributed by atoms with Gasteiger partial charge in [-0.15, -0.1) is 0 Å². The molecule has 140 valence electrons. The van der Waals surface area contributed by atoms with E-state index in [2.05, 4.69) is 30.1 Å². The van der Waals surface area contributed by atoms with Crippen molar-refractivity contribution in [1.82, 2.24) is 39.5 Å². The molecule has 8 heteroatoms. The van der Waals surface area contributed by atoms with Crippen molar-refractivity contribution >= 4 is 0 Å². The third kappa shape index (κ3) is 3.51. The molecule has 0 saturated heterocycles. The van der Waals surface area contributed by atoms with Crippen molar-refractivity contribution < 1.29 is 0 Å². The molecule has 0 amide bonds. The van der Waals surface area contributed by atoms with Crippen LogP contribution in [0.2, 0.25) is 0 Å². The number of imidazole rings is 1. The van der Waals surface area contributed by atoms with E-state index in [0.717, 1.165) is 28.5 Å². The van der Waals surface area contributed by atoms with Gasteiger partial charge in [0.2, 0.25) is 0 Å². The quantitative estimate of drug-likeness (QED) is 0.466. The second-order valence-electron chi connectivity index (χ2n) is 6.35. The molecule has 0 aliphatic heterocycles. The number of hydrogen-bond donors (Lipinski definition) is 0. The number of benzene rings is 1. The third-order valence-corrected chi connectivity index (χ3v) is 4.38. The highest BCUT2D eigenvalue weighted by Crippen LogP contribution is 2.19. The fourth-order valence-corrected chi connectivity index (χ4v) is 3.00. The van der Waals surface area contributed by atoms with Gasteiger partial charge in [0.25, 0.3) is 0 Å². The first-order valence-electron chi connectivity index (χ1n) is 9.08. The van der Waals surface area contributed by atoms with E-state index in [4.69, 9.17) is 0 Å². The maximum absolute atomic E-state index is 4.56. The van der Waals surface area contributed by atoms with E-state index in [9.17, 15) is 0 Å². The lowest BCUT2D eigenvalue weighted by atomic mass is 10.3. The van der Waals surface area contributed by atoms with Gasteiger partial charge in [-0.1, -0.05) is 24.3 Å². The Bertz CT molecular complexity index is 1210. The van der Waals surface area contributed by atoms with Crippen LogP contribution >= 0.6 is 0 Å². The largest absolute Gasteiger partial charge is 0.325 e. The summed E-state index contributed by atoms with van der Waals surface area (Å²) in [4.78, 5) is 19.2. The van der Waals surface area contributed by atoms with Crippen LogP contribution in [0.3, 0.4) is 0 Å². The lowest BCUT2D eigenvalue weighted by Crippen LogP contribution is -2.04. The third-order valence-electron chi connectivity index (χ3n) is 4.38. The van der Waals surface area contributed by atoms with Crippen molar-refractivity contribution in [2.45, 2.75) is 6.54 Å². The van der Waals surface area contributed by atoms with E-state index in [-0.39, 0.29) is 0 Å². The normalized spacial score (nSPS) is 10.9. The topological polar surface area (TPSA) is 87.2 Å². The molecule has 4 aromatic heterocycles. The van der Waals surface area contributed by atoms with Gasteiger partial charge in [-0.3, -0.25) is 4.98 Å². The van der Waals surface area contributed by atoms with Crippen molar-refractivity contribution in [3.63, 3.8) is 0 Å². The summed E-state index contributed by atoms with van der Waals surface area (Å²) in [6, 6.07) is 15.5. The number of rotatable bonds is 5. The van der Waals surface area contributed by atoms with Gasteiger partial charge in [-0.2, -0.15) is 15.0 Å². The fraction of sp³-hybridized carbons (Fsp3) is 0.0476. The SMILES string of the molecule is c1ccc(-n2ncc(Cn3ccnc3-c3cnc(-c4ccccn4)nc3)n2)cc1. The van der Waals surface area contributed by atoms with Gasteiger partial charge in [0, 0.05) is 31.0 Å². The molecule has 4 heterocycles. The Kier molecular flexibility index (Phi) is 4.34. The highest BCUT2D eigenvalue weighted by atomic mass is 15.5. The van der Waals surface area contributed by atoms with Gasteiger partial charge in [-0.05, 0) is 24.3 Å². The molecule has 0 fully saturated rings. The Morgan fingerprint density at radius 3 is 2.38 bits per heavy atom. The average Bonchev–Trinajstić information content (AvgIpc) is 3.45. The minimum absolute atomic E-state index is 0.546. The van der Waals surface area contributed by atoms with Crippen LogP contribution in [0.5, 0.6) is 0 Å². The van der Waals surface area contributed by atoms with Gasteiger partial charge < -0.3 is 4.57 Å². The van der Waals surface area contributed by atoms with E-state index in [0.29, 0.717) is 12.4 Å². The average molecular weight is 380 g/mol. The first-order valence-corrected chi connectivity index (χ1v) is 9.08. The zero-order valence-corrected chi connectivity index (χ0v) is 15.4. The maximum atomic E-state index is 4.56. The molecule has 0 radical (unpaired) electrons. The van der Waals surface area contributed by atoms with E-state index in [1.165, 1.54) is 0 Å². The van der Waals surface area contributed by atoms with Crippen LogP contribution in [0, 0.1) is 0 Å². The van der Waals surface area contributed by atoms with Gasteiger partial charge in [-0.25, -0.2) is 15.0 Å². The zero-order valence-electron chi connectivity index (χ0n) is 15.4. The molecular formula is C21H16N8. The van der Waals surface area contributed by atoms with Crippen LogP contribution in [0.4, 0.5) is 0 Å². The summed E-state index contributed by atoms with van der Waals surface area (Å²) in [6.07, 6.45) is 10.7. The smallest absolute Gasteiger partial charge is 0.178 e. The van der Waals surface area contributed by atoms with Crippen LogP contribution in [-0.4, -0.2) is 39.5 Å². The predicted molar refractivity (Wildman–Crippen MR) is 107 cm³/mol. The van der Waals surface area contributed by atoms with Gasteiger partial charge in [0.15, 0.2) is 5.82 Å². The number of para-hydroxylation sites is 1. The summed E-state index contributed by atoms with van der Waals surface area (Å²) in [7, 11) is 0. The van der Waals surface area contributed by atoms with Gasteiger partial charge in [0.05, 0.1) is 24.0 Å². The van der Waals surface area contributed by atoms with Gasteiger partial charge >= 0.3 is 0 Å². The van der Waals surface area contributed by atoms with Crippen LogP contribution in [0.25, 0.3) is 28.6 Å². The molecule has 5 aromatic rings. The Morgan fingerprint density at radius 2 is 1.59 bits per heavy atom. The van der Waals surface area contributed by atoms with E-state index in [1.54, 1.807) is 35.8 Å². The fourth-order valence-electron chi connectivity index (χ4n) is 3.00. The number of pyridine rings is 1. The van der Waals surface area contributed by atoms with Crippen LogP contribution in [-0.2, 0) is 6.54 Å². The van der Waals surface area contributed by atoms with Crippen molar-refractivity contribution in [2.24, 2.45) is 0 Å². The summed E-state index contributed by atoms with van der Waals surface area (Å²) >= 11 is 0. The second-order valence-corrected chi connectivity index (χ2v) is 6.35. The Labute approximate surface area is 166 Å². The van der Waals surface area contributed by atoms with Crippen LogP contribution < -0.4 is 0 Å². The maximum Gasteiger partial charge on any atom is 0.178 e. The monoisotopic (exact) mass is 380 g/mol. The summed E-state index contributed by atoms with van der Waals surface area (Å²) in [6.45, 7) is 0.546.